The Morgan fingerprint density at radius 1 is 1.43 bits per heavy atom. The zero-order valence-electron chi connectivity index (χ0n) is 12.4. The molecule has 0 radical (unpaired) electrons. The Bertz CT molecular complexity index is 749. The van der Waals surface area contributed by atoms with Gasteiger partial charge in [0.2, 0.25) is 11.9 Å². The predicted molar refractivity (Wildman–Crippen MR) is 76.7 cm³/mol. The highest BCUT2D eigenvalue weighted by Crippen LogP contribution is 2.11. The highest BCUT2D eigenvalue weighted by Gasteiger charge is 2.17. The molecule has 2 heterocycles. The van der Waals surface area contributed by atoms with Gasteiger partial charge in [-0.3, -0.25) is 24.9 Å². The molecule has 1 amide bonds. The van der Waals surface area contributed by atoms with Gasteiger partial charge in [-0.05, 0) is 6.92 Å². The lowest BCUT2D eigenvalue weighted by molar-refractivity contribution is -0.385. The van der Waals surface area contributed by atoms with Gasteiger partial charge in [0.25, 0.3) is 0 Å². The van der Waals surface area contributed by atoms with Gasteiger partial charge in [-0.15, -0.1) is 0 Å². The lowest BCUT2D eigenvalue weighted by Gasteiger charge is -2.07. The van der Waals surface area contributed by atoms with Crippen molar-refractivity contribution in [1.29, 1.82) is 0 Å². The van der Waals surface area contributed by atoms with Gasteiger partial charge in [-0.1, -0.05) is 0 Å². The Labute approximate surface area is 130 Å². The molecule has 0 unspecified atom stereocenters. The van der Waals surface area contributed by atoms with Gasteiger partial charge in [-0.25, -0.2) is 9.78 Å². The van der Waals surface area contributed by atoms with E-state index in [0.717, 1.165) is 17.1 Å². The molecule has 2 aromatic heterocycles. The lowest BCUT2D eigenvalue weighted by atomic mass is 10.5. The number of nitro groups is 1. The van der Waals surface area contributed by atoms with Crippen molar-refractivity contribution in [3.63, 3.8) is 0 Å². The maximum absolute atomic E-state index is 11.9. The molecule has 0 bridgehead atoms. The average Bonchev–Trinajstić information content (AvgIpc) is 3.07. The topological polar surface area (TPSA) is 134 Å². The second-order valence-corrected chi connectivity index (χ2v) is 4.45. The third kappa shape index (κ3) is 3.70. The van der Waals surface area contributed by atoms with Crippen LogP contribution in [0.4, 0.5) is 11.6 Å². The fourth-order valence-corrected chi connectivity index (χ4v) is 1.77. The van der Waals surface area contributed by atoms with Crippen molar-refractivity contribution >= 4 is 23.5 Å². The van der Waals surface area contributed by atoms with Crippen LogP contribution in [0.5, 0.6) is 0 Å². The number of imidazole rings is 1. The molecular weight excluding hydrogens is 308 g/mol. The van der Waals surface area contributed by atoms with Crippen molar-refractivity contribution in [2.24, 2.45) is 7.05 Å². The van der Waals surface area contributed by atoms with Crippen molar-refractivity contribution in [2.45, 2.75) is 13.5 Å². The molecule has 0 aliphatic carbocycles. The smallest absolute Gasteiger partial charge is 0.356 e. The van der Waals surface area contributed by atoms with Crippen LogP contribution in [-0.4, -0.2) is 42.7 Å². The van der Waals surface area contributed by atoms with Crippen molar-refractivity contribution in [3.8, 4) is 0 Å². The zero-order valence-corrected chi connectivity index (χ0v) is 12.4. The second kappa shape index (κ2) is 6.68. The molecule has 0 atom stereocenters. The molecule has 11 nitrogen and oxygen atoms in total. The van der Waals surface area contributed by atoms with E-state index in [0.29, 0.717) is 0 Å². The van der Waals surface area contributed by atoms with Gasteiger partial charge < -0.3 is 9.30 Å². The fraction of sp³-hybridized carbons (Fsp3) is 0.333. The molecule has 122 valence electrons. The first-order valence-corrected chi connectivity index (χ1v) is 6.58. The first kappa shape index (κ1) is 16.1. The summed E-state index contributed by atoms with van der Waals surface area (Å²) in [6.07, 6.45) is 3.47. The number of amides is 1. The summed E-state index contributed by atoms with van der Waals surface area (Å²) in [4.78, 5) is 37.4. The van der Waals surface area contributed by atoms with Crippen molar-refractivity contribution in [1.82, 2.24) is 19.3 Å². The van der Waals surface area contributed by atoms with E-state index in [1.165, 1.54) is 10.8 Å². The largest absolute Gasteiger partial charge is 0.461 e. The number of ether oxygens (including phenoxy) is 1. The minimum atomic E-state index is -0.605. The van der Waals surface area contributed by atoms with E-state index in [9.17, 15) is 19.7 Å². The van der Waals surface area contributed by atoms with E-state index in [4.69, 9.17) is 4.74 Å². The monoisotopic (exact) mass is 322 g/mol. The summed E-state index contributed by atoms with van der Waals surface area (Å²) in [5.41, 5.74) is -0.0173. The van der Waals surface area contributed by atoms with Crippen LogP contribution in [0.15, 0.2) is 18.6 Å². The van der Waals surface area contributed by atoms with E-state index in [-0.39, 0.29) is 30.5 Å². The van der Waals surface area contributed by atoms with Gasteiger partial charge in [0.15, 0.2) is 0 Å². The Hall–Kier alpha value is -3.24. The molecule has 0 spiro atoms. The highest BCUT2D eigenvalue weighted by molar-refractivity contribution is 5.91. The molecule has 0 aliphatic heterocycles. The Kier molecular flexibility index (Phi) is 4.69. The number of rotatable bonds is 6. The standard InChI is InChI=1S/C12H14N6O5/c1-3-23-11(20)9-5-13-12(16(9)2)15-10(19)7-17-6-8(4-14-17)18(21)22/h4-6H,3,7H2,1-2H3,(H,13,15,19). The van der Waals surface area contributed by atoms with Crippen LogP contribution in [0.1, 0.15) is 17.4 Å². The normalized spacial score (nSPS) is 10.3. The maximum atomic E-state index is 11.9. The van der Waals surface area contributed by atoms with Crippen LogP contribution < -0.4 is 5.32 Å². The number of esters is 1. The summed E-state index contributed by atoms with van der Waals surface area (Å²) in [6.45, 7) is 1.68. The van der Waals surface area contributed by atoms with Crippen LogP contribution in [0, 0.1) is 10.1 Å². The van der Waals surface area contributed by atoms with Crippen LogP contribution >= 0.6 is 0 Å². The second-order valence-electron chi connectivity index (χ2n) is 4.45. The van der Waals surface area contributed by atoms with Gasteiger partial charge in [0.1, 0.15) is 24.6 Å². The Balaban J connectivity index is 2.02. The molecule has 2 rings (SSSR count). The molecule has 11 heteroatoms. The van der Waals surface area contributed by atoms with Crippen LogP contribution in [0.3, 0.4) is 0 Å². The number of hydrogen-bond donors (Lipinski definition) is 1. The van der Waals surface area contributed by atoms with Gasteiger partial charge in [0, 0.05) is 7.05 Å². The van der Waals surface area contributed by atoms with E-state index in [1.54, 1.807) is 14.0 Å². The van der Waals surface area contributed by atoms with Crippen LogP contribution in [0.2, 0.25) is 0 Å². The number of carbonyl (C=O) groups excluding carboxylic acids is 2. The zero-order chi connectivity index (χ0) is 17.0. The summed E-state index contributed by atoms with van der Waals surface area (Å²) < 4.78 is 7.36. The Morgan fingerprint density at radius 2 is 2.17 bits per heavy atom. The van der Waals surface area contributed by atoms with E-state index < -0.39 is 16.8 Å². The average molecular weight is 322 g/mol. The molecule has 0 saturated carbocycles. The highest BCUT2D eigenvalue weighted by atomic mass is 16.6. The maximum Gasteiger partial charge on any atom is 0.356 e. The predicted octanol–water partition coefficient (Wildman–Crippen LogP) is 0.340. The molecule has 0 aliphatic rings. The first-order valence-electron chi connectivity index (χ1n) is 6.58. The number of carbonyl (C=O) groups is 2. The quantitative estimate of drug-likeness (QED) is 0.460. The van der Waals surface area contributed by atoms with Gasteiger partial charge >= 0.3 is 11.7 Å². The molecule has 0 aromatic carbocycles. The summed E-state index contributed by atoms with van der Waals surface area (Å²) in [5, 5.41) is 16.8. The fourth-order valence-electron chi connectivity index (χ4n) is 1.77. The number of aromatic nitrogens is 4. The summed E-state index contributed by atoms with van der Waals surface area (Å²) in [5.74, 6) is -0.891. The number of hydrogen-bond acceptors (Lipinski definition) is 7. The molecule has 23 heavy (non-hydrogen) atoms. The third-order valence-corrected chi connectivity index (χ3v) is 2.86. The van der Waals surface area contributed by atoms with Crippen molar-refractivity contribution < 1.29 is 19.2 Å². The third-order valence-electron chi connectivity index (χ3n) is 2.86. The molecule has 0 fully saturated rings. The molecular formula is C12H14N6O5. The number of anilines is 1. The minimum absolute atomic E-state index is 0.153. The van der Waals surface area contributed by atoms with Crippen molar-refractivity contribution in [2.75, 3.05) is 11.9 Å². The summed E-state index contributed by atoms with van der Waals surface area (Å²) in [7, 11) is 1.55. The SMILES string of the molecule is CCOC(=O)c1cnc(NC(=O)Cn2cc([N+](=O)[O-])cn2)n1C. The first-order chi connectivity index (χ1) is 10.9. The molecule has 1 N–H and O–H groups in total. The molecule has 2 aromatic rings. The summed E-state index contributed by atoms with van der Waals surface area (Å²) >= 11 is 0. The van der Waals surface area contributed by atoms with Gasteiger partial charge in [0.05, 0.1) is 17.7 Å². The number of nitrogens with one attached hydrogen (secondary N) is 1. The van der Waals surface area contributed by atoms with E-state index in [1.807, 2.05) is 0 Å². The minimum Gasteiger partial charge on any atom is -0.461 e. The van der Waals surface area contributed by atoms with Crippen molar-refractivity contribution in [3.05, 3.63) is 34.4 Å². The van der Waals surface area contributed by atoms with Crippen LogP contribution in [0.25, 0.3) is 0 Å². The number of nitrogens with zero attached hydrogens (tertiary/aromatic N) is 5. The summed E-state index contributed by atoms with van der Waals surface area (Å²) in [6, 6.07) is 0. The molecule has 0 saturated heterocycles. The van der Waals surface area contributed by atoms with E-state index >= 15 is 0 Å². The van der Waals surface area contributed by atoms with Crippen LogP contribution in [-0.2, 0) is 23.1 Å². The van der Waals surface area contributed by atoms with Gasteiger partial charge in [-0.2, -0.15) is 5.10 Å². The lowest BCUT2D eigenvalue weighted by Crippen LogP contribution is -2.21. The Morgan fingerprint density at radius 3 is 2.78 bits per heavy atom. The van der Waals surface area contributed by atoms with E-state index in [2.05, 4.69) is 15.4 Å².